The highest BCUT2D eigenvalue weighted by Crippen LogP contribution is 2.45. The summed E-state index contributed by atoms with van der Waals surface area (Å²) in [6, 6.07) is 0. The number of carbonyl (C=O) groups is 4. The van der Waals surface area contributed by atoms with E-state index < -0.39 is 97.5 Å². The van der Waals surface area contributed by atoms with Crippen LogP contribution in [0.4, 0.5) is 0 Å². The Labute approximate surface area is 543 Å². The molecule has 3 N–H and O–H groups in total. The lowest BCUT2D eigenvalue weighted by Gasteiger charge is -2.21. The van der Waals surface area contributed by atoms with E-state index in [0.29, 0.717) is 31.6 Å². The van der Waals surface area contributed by atoms with Gasteiger partial charge in [-0.2, -0.15) is 0 Å². The predicted octanol–water partition coefficient (Wildman–Crippen LogP) is 19.8. The fraction of sp³-hybridized carbons (Fsp3) is 0.943. The lowest BCUT2D eigenvalue weighted by Crippen LogP contribution is -2.30. The average Bonchev–Trinajstić information content (AvgIpc) is 3.71. The van der Waals surface area contributed by atoms with Crippen LogP contribution in [0, 0.1) is 17.8 Å². The first-order chi connectivity index (χ1) is 42.8. The van der Waals surface area contributed by atoms with Crippen molar-refractivity contribution in [2.75, 3.05) is 39.6 Å². The molecule has 0 saturated carbocycles. The fourth-order valence-electron chi connectivity index (χ4n) is 10.5. The van der Waals surface area contributed by atoms with Crippen molar-refractivity contribution in [1.82, 2.24) is 0 Å². The molecule has 19 heteroatoms. The van der Waals surface area contributed by atoms with Gasteiger partial charge in [-0.25, -0.2) is 9.13 Å². The van der Waals surface area contributed by atoms with Crippen LogP contribution < -0.4 is 0 Å². The van der Waals surface area contributed by atoms with Gasteiger partial charge in [-0.3, -0.25) is 37.3 Å². The minimum Gasteiger partial charge on any atom is -0.462 e. The summed E-state index contributed by atoms with van der Waals surface area (Å²) in [6.07, 6.45) is 44.5. The van der Waals surface area contributed by atoms with Crippen molar-refractivity contribution in [1.29, 1.82) is 0 Å². The second-order valence-corrected chi connectivity index (χ2v) is 29.4. The molecule has 3 unspecified atom stereocenters. The maximum absolute atomic E-state index is 13.0. The number of phosphoric acid groups is 2. The summed E-state index contributed by atoms with van der Waals surface area (Å²) < 4.78 is 68.3. The monoisotopic (exact) mass is 1310 g/mol. The van der Waals surface area contributed by atoms with E-state index in [0.717, 1.165) is 108 Å². The van der Waals surface area contributed by atoms with E-state index in [1.807, 2.05) is 0 Å². The molecule has 0 aromatic carbocycles. The second-order valence-electron chi connectivity index (χ2n) is 26.5. The van der Waals surface area contributed by atoms with Crippen molar-refractivity contribution in [2.24, 2.45) is 17.8 Å². The molecule has 6 atom stereocenters. The molecular weight excluding hydrogens is 1170 g/mol. The summed E-state index contributed by atoms with van der Waals surface area (Å²) in [4.78, 5) is 72.5. The van der Waals surface area contributed by atoms with E-state index in [1.54, 1.807) is 0 Å². The number of rotatable bonds is 68. The molecule has 0 rings (SSSR count). The highest BCUT2D eigenvalue weighted by Gasteiger charge is 2.30. The van der Waals surface area contributed by atoms with E-state index in [9.17, 15) is 43.2 Å². The topological polar surface area (TPSA) is 237 Å². The summed E-state index contributed by atoms with van der Waals surface area (Å²) in [6.45, 7) is 11.8. The number of hydrogen-bond donors (Lipinski definition) is 3. The highest BCUT2D eigenvalue weighted by molar-refractivity contribution is 7.47. The zero-order valence-electron chi connectivity index (χ0n) is 57.9. The maximum Gasteiger partial charge on any atom is 0.472 e. The molecule has 0 amide bonds. The zero-order chi connectivity index (χ0) is 65.9. The van der Waals surface area contributed by atoms with E-state index in [2.05, 4.69) is 48.5 Å². The van der Waals surface area contributed by atoms with Gasteiger partial charge in [-0.05, 0) is 43.4 Å². The minimum atomic E-state index is -4.95. The third kappa shape index (κ3) is 63.2. The first-order valence-corrected chi connectivity index (χ1v) is 39.4. The van der Waals surface area contributed by atoms with E-state index in [1.165, 1.54) is 154 Å². The molecule has 0 aliphatic rings. The minimum absolute atomic E-state index is 0.104. The lowest BCUT2D eigenvalue weighted by atomic mass is 9.99. The van der Waals surface area contributed by atoms with Gasteiger partial charge in [-0.1, -0.05) is 299 Å². The summed E-state index contributed by atoms with van der Waals surface area (Å²) in [7, 11) is -9.90. The average molecular weight is 1310 g/mol. The predicted molar refractivity (Wildman–Crippen MR) is 358 cm³/mol. The van der Waals surface area contributed by atoms with Crippen molar-refractivity contribution in [3.05, 3.63) is 0 Å². The van der Waals surface area contributed by atoms with E-state index >= 15 is 0 Å². The van der Waals surface area contributed by atoms with Crippen molar-refractivity contribution < 1.29 is 80.2 Å². The third-order valence-corrected chi connectivity index (χ3v) is 18.4. The molecular formula is C70H136O17P2. The van der Waals surface area contributed by atoms with Crippen LogP contribution in [0.3, 0.4) is 0 Å². The van der Waals surface area contributed by atoms with Crippen molar-refractivity contribution in [3.8, 4) is 0 Å². The normalized spacial score (nSPS) is 14.5. The number of aliphatic hydroxyl groups excluding tert-OH is 1. The lowest BCUT2D eigenvalue weighted by molar-refractivity contribution is -0.161. The zero-order valence-corrected chi connectivity index (χ0v) is 59.7. The molecule has 528 valence electrons. The first-order valence-electron chi connectivity index (χ1n) is 36.4. The third-order valence-electron chi connectivity index (χ3n) is 16.5. The molecule has 0 heterocycles. The van der Waals surface area contributed by atoms with Crippen LogP contribution in [0.1, 0.15) is 350 Å². The van der Waals surface area contributed by atoms with Gasteiger partial charge in [-0.15, -0.1) is 0 Å². The van der Waals surface area contributed by atoms with Crippen molar-refractivity contribution in [3.63, 3.8) is 0 Å². The Morgan fingerprint density at radius 3 is 0.854 bits per heavy atom. The van der Waals surface area contributed by atoms with Gasteiger partial charge in [0.15, 0.2) is 12.2 Å². The van der Waals surface area contributed by atoms with Gasteiger partial charge >= 0.3 is 39.5 Å². The Morgan fingerprint density at radius 1 is 0.326 bits per heavy atom. The molecule has 0 aromatic heterocycles. The number of carbonyl (C=O) groups excluding carboxylic acids is 4. The molecule has 17 nitrogen and oxygen atoms in total. The number of esters is 4. The smallest absolute Gasteiger partial charge is 0.462 e. The summed E-state index contributed by atoms with van der Waals surface area (Å²) >= 11 is 0. The Bertz CT molecular complexity index is 1750. The number of aliphatic hydroxyl groups is 1. The summed E-state index contributed by atoms with van der Waals surface area (Å²) in [5.41, 5.74) is 0. The molecule has 0 aliphatic carbocycles. The Hall–Kier alpha value is -1.94. The number of hydrogen-bond acceptors (Lipinski definition) is 15. The number of unbranched alkanes of at least 4 members (excludes halogenated alkanes) is 35. The van der Waals surface area contributed by atoms with E-state index in [-0.39, 0.29) is 25.7 Å². The van der Waals surface area contributed by atoms with Crippen LogP contribution in [0.15, 0.2) is 0 Å². The number of phosphoric ester groups is 2. The van der Waals surface area contributed by atoms with Gasteiger partial charge in [0.2, 0.25) is 0 Å². The molecule has 0 aliphatic heterocycles. The Morgan fingerprint density at radius 2 is 0.573 bits per heavy atom. The van der Waals surface area contributed by atoms with Crippen LogP contribution in [0.2, 0.25) is 0 Å². The number of ether oxygens (including phenoxy) is 4. The maximum atomic E-state index is 13.0. The van der Waals surface area contributed by atoms with Crippen LogP contribution >= 0.6 is 15.6 Å². The second kappa shape index (κ2) is 61.0. The first kappa shape index (κ1) is 87.1. The summed E-state index contributed by atoms with van der Waals surface area (Å²) in [5, 5.41) is 10.6. The van der Waals surface area contributed by atoms with Crippen LogP contribution in [0.5, 0.6) is 0 Å². The summed E-state index contributed by atoms with van der Waals surface area (Å²) in [5.74, 6) is 0.0910. The van der Waals surface area contributed by atoms with Crippen molar-refractivity contribution in [2.45, 2.75) is 369 Å². The van der Waals surface area contributed by atoms with Gasteiger partial charge in [0.1, 0.15) is 19.3 Å². The quantitative estimate of drug-likeness (QED) is 0.0222. The van der Waals surface area contributed by atoms with Gasteiger partial charge < -0.3 is 33.8 Å². The molecule has 0 saturated heterocycles. The van der Waals surface area contributed by atoms with Crippen LogP contribution in [-0.2, 0) is 65.4 Å². The van der Waals surface area contributed by atoms with Crippen molar-refractivity contribution >= 4 is 39.5 Å². The standard InChI is InChI=1S/C70H136O17P2/c1-8-10-11-12-13-14-15-16-17-18-24-29-37-44-51-67(72)80-57-65(86-69(74)53-46-39-30-25-20-19-23-28-36-43-50-63(7)9-2)59-84-88(76,77)82-55-64(71)56-83-89(78,79)85-60-66(58-81-68(73)52-45-38-33-32-35-42-49-62(5)6)87-70(75)54-47-40-31-26-21-22-27-34-41-48-61(3)4/h61-66,71H,8-60H2,1-7H3,(H,76,77)(H,78,79)/t63?,64-,65-,66-/m1/s1. The van der Waals surface area contributed by atoms with E-state index in [4.69, 9.17) is 37.0 Å². The van der Waals surface area contributed by atoms with Crippen LogP contribution in [0.25, 0.3) is 0 Å². The van der Waals surface area contributed by atoms with Crippen LogP contribution in [-0.4, -0.2) is 96.7 Å². The fourth-order valence-corrected chi connectivity index (χ4v) is 12.1. The molecule has 0 fully saturated rings. The van der Waals surface area contributed by atoms with Gasteiger partial charge in [0.05, 0.1) is 26.4 Å². The Kier molecular flexibility index (Phi) is 59.6. The molecule has 0 aromatic rings. The SMILES string of the molecule is CCCCCCCCCCCCCCCCC(=O)OC[C@H](COP(=O)(O)OC[C@@H](O)COP(=O)(O)OC[C@@H](COC(=O)CCCCCCCCC(C)C)OC(=O)CCCCCCCCCCCC(C)C)OC(=O)CCCCCCCCCCCCC(C)CC. The largest absolute Gasteiger partial charge is 0.472 e. The molecule has 0 bridgehead atoms. The Balaban J connectivity index is 5.25. The molecule has 89 heavy (non-hydrogen) atoms. The van der Waals surface area contributed by atoms with Gasteiger partial charge in [0, 0.05) is 25.7 Å². The molecule has 0 spiro atoms. The molecule has 0 radical (unpaired) electrons. The van der Waals surface area contributed by atoms with Gasteiger partial charge in [0.25, 0.3) is 0 Å². The highest BCUT2D eigenvalue weighted by atomic mass is 31.2.